The Morgan fingerprint density at radius 1 is 1.06 bits per heavy atom. The molecule has 4 aliphatic rings. The standard InChI is InChI=1S/C38H57N3O6Si/c1-26(2)13-11-14-27(3)19-22-41-32-18-17-29(39-20-10-8-7-9-16-34(39)43)23-31(32)38(37(41)45)28(4)36(48(5,6)46)33(47-38)24-35(44)40-21-12-15-30(40)25-42/h13,17-19,23,28,30,33,36,42,46H,7-12,14-16,20-22,24-25H2,1-6H3/b27-19+/t28-,30-,33+,36-,38+/m0/s1. The molecule has 5 atom stereocenters. The first kappa shape index (κ1) is 36.5. The Morgan fingerprint density at radius 3 is 2.52 bits per heavy atom. The molecule has 1 aromatic rings. The number of aliphatic hydroxyl groups is 1. The zero-order chi connectivity index (χ0) is 34.8. The van der Waals surface area contributed by atoms with Crippen molar-refractivity contribution in [3.63, 3.8) is 0 Å². The zero-order valence-electron chi connectivity index (χ0n) is 30.0. The maximum atomic E-state index is 14.9. The maximum Gasteiger partial charge on any atom is 0.264 e. The van der Waals surface area contributed by atoms with Gasteiger partial charge >= 0.3 is 0 Å². The fourth-order valence-corrected chi connectivity index (χ4v) is 11.2. The summed E-state index contributed by atoms with van der Waals surface area (Å²) >= 11 is 0. The van der Waals surface area contributed by atoms with E-state index in [0.717, 1.165) is 68.3 Å². The van der Waals surface area contributed by atoms with Gasteiger partial charge in [-0.05, 0) is 90.6 Å². The van der Waals surface area contributed by atoms with Gasteiger partial charge in [0.15, 0.2) is 13.9 Å². The molecule has 0 radical (unpaired) electrons. The number of hydrogen-bond acceptors (Lipinski definition) is 6. The topological polar surface area (TPSA) is 111 Å². The molecular formula is C38H57N3O6Si. The van der Waals surface area contributed by atoms with Gasteiger partial charge in [0.1, 0.15) is 0 Å². The van der Waals surface area contributed by atoms with E-state index in [-0.39, 0.29) is 42.3 Å². The van der Waals surface area contributed by atoms with Crippen LogP contribution < -0.4 is 9.80 Å². The number of fused-ring (bicyclic) bond motifs is 2. The monoisotopic (exact) mass is 679 g/mol. The van der Waals surface area contributed by atoms with Gasteiger partial charge in [-0.3, -0.25) is 14.4 Å². The smallest absolute Gasteiger partial charge is 0.264 e. The number of anilines is 2. The highest BCUT2D eigenvalue weighted by Crippen LogP contribution is 2.60. The molecule has 2 N–H and O–H groups in total. The summed E-state index contributed by atoms with van der Waals surface area (Å²) in [6.45, 7) is 13.5. The second kappa shape index (κ2) is 15.0. The molecule has 264 valence electrons. The highest BCUT2D eigenvalue weighted by Gasteiger charge is 2.66. The second-order valence-corrected chi connectivity index (χ2v) is 19.3. The van der Waals surface area contributed by atoms with Gasteiger partial charge < -0.3 is 29.3 Å². The minimum absolute atomic E-state index is 0.0422. The van der Waals surface area contributed by atoms with Crippen LogP contribution in [0.5, 0.6) is 0 Å². The lowest BCUT2D eigenvalue weighted by Crippen LogP contribution is -2.46. The number of nitrogens with zero attached hydrogens (tertiary/aromatic N) is 3. The molecule has 3 fully saturated rings. The molecule has 48 heavy (non-hydrogen) atoms. The van der Waals surface area contributed by atoms with E-state index >= 15 is 0 Å². The third kappa shape index (κ3) is 7.23. The Morgan fingerprint density at radius 2 is 1.81 bits per heavy atom. The van der Waals surface area contributed by atoms with E-state index in [1.54, 1.807) is 9.80 Å². The highest BCUT2D eigenvalue weighted by atomic mass is 28.4. The Kier molecular flexibility index (Phi) is 11.4. The van der Waals surface area contributed by atoms with Crippen LogP contribution in [0.3, 0.4) is 0 Å². The second-order valence-electron chi connectivity index (χ2n) is 15.3. The van der Waals surface area contributed by atoms with Crippen LogP contribution in [0.2, 0.25) is 18.6 Å². The number of likely N-dealkylation sites (tertiary alicyclic amines) is 1. The van der Waals surface area contributed by atoms with Crippen molar-refractivity contribution in [2.24, 2.45) is 5.92 Å². The van der Waals surface area contributed by atoms with Crippen molar-refractivity contribution in [2.45, 2.75) is 128 Å². The Balaban J connectivity index is 1.55. The fraction of sp³-hybridized carbons (Fsp3) is 0.658. The third-order valence-corrected chi connectivity index (χ3v) is 13.6. The van der Waals surface area contributed by atoms with Crippen molar-refractivity contribution in [1.82, 2.24) is 4.90 Å². The Bertz CT molecular complexity index is 1430. The number of ether oxygens (including phenoxy) is 1. The molecule has 0 aliphatic carbocycles. The first-order valence-electron chi connectivity index (χ1n) is 18.2. The summed E-state index contributed by atoms with van der Waals surface area (Å²) in [4.78, 5) is 59.1. The fourth-order valence-electron chi connectivity index (χ4n) is 8.63. The van der Waals surface area contributed by atoms with Crippen LogP contribution in [0.15, 0.2) is 41.5 Å². The molecule has 3 saturated heterocycles. The van der Waals surface area contributed by atoms with Crippen molar-refractivity contribution >= 4 is 37.4 Å². The quantitative estimate of drug-likeness (QED) is 0.225. The lowest BCUT2D eigenvalue weighted by molar-refractivity contribution is -0.149. The third-order valence-electron chi connectivity index (χ3n) is 11.1. The van der Waals surface area contributed by atoms with Crippen molar-refractivity contribution < 1.29 is 29.0 Å². The summed E-state index contributed by atoms with van der Waals surface area (Å²) < 4.78 is 6.98. The molecule has 0 bridgehead atoms. The predicted octanol–water partition coefficient (Wildman–Crippen LogP) is 6.19. The average Bonchev–Trinajstić information content (AvgIpc) is 3.67. The molecule has 0 saturated carbocycles. The van der Waals surface area contributed by atoms with Crippen molar-refractivity contribution in [3.8, 4) is 0 Å². The summed E-state index contributed by atoms with van der Waals surface area (Å²) in [7, 11) is -2.98. The van der Waals surface area contributed by atoms with Gasteiger partial charge in [0.05, 0.1) is 30.9 Å². The number of carbonyl (C=O) groups excluding carboxylic acids is 3. The molecule has 3 amide bonds. The summed E-state index contributed by atoms with van der Waals surface area (Å²) in [5.74, 6) is -0.607. The van der Waals surface area contributed by atoms with Gasteiger partial charge in [-0.15, -0.1) is 0 Å². The van der Waals surface area contributed by atoms with E-state index in [1.165, 1.54) is 11.1 Å². The van der Waals surface area contributed by atoms with Crippen LogP contribution in [0, 0.1) is 5.92 Å². The molecule has 0 aromatic heterocycles. The van der Waals surface area contributed by atoms with Crippen LogP contribution >= 0.6 is 0 Å². The largest absolute Gasteiger partial charge is 0.432 e. The van der Waals surface area contributed by atoms with Gasteiger partial charge in [-0.1, -0.05) is 43.1 Å². The van der Waals surface area contributed by atoms with Crippen LogP contribution in [0.1, 0.15) is 97.5 Å². The Hall–Kier alpha value is -2.79. The van der Waals surface area contributed by atoms with Crippen molar-refractivity contribution in [1.29, 1.82) is 0 Å². The van der Waals surface area contributed by atoms with Gasteiger partial charge in [0.2, 0.25) is 11.8 Å². The van der Waals surface area contributed by atoms with Crippen LogP contribution in [-0.2, 0) is 24.7 Å². The summed E-state index contributed by atoms with van der Waals surface area (Å²) in [6, 6.07) is 5.67. The zero-order valence-corrected chi connectivity index (χ0v) is 31.0. The van der Waals surface area contributed by atoms with E-state index in [1.807, 2.05) is 43.1 Å². The first-order chi connectivity index (χ1) is 22.8. The molecule has 0 unspecified atom stereocenters. The maximum absolute atomic E-state index is 14.9. The summed E-state index contributed by atoms with van der Waals surface area (Å²) in [5, 5.41) is 9.91. The van der Waals surface area contributed by atoms with E-state index in [9.17, 15) is 24.3 Å². The number of hydrogen-bond donors (Lipinski definition) is 2. The van der Waals surface area contributed by atoms with Gasteiger partial charge in [-0.25, -0.2) is 0 Å². The van der Waals surface area contributed by atoms with Crippen LogP contribution in [0.4, 0.5) is 11.4 Å². The van der Waals surface area contributed by atoms with Gasteiger partial charge in [0, 0.05) is 48.8 Å². The number of aliphatic hydroxyl groups excluding tert-OH is 1. The van der Waals surface area contributed by atoms with Crippen LogP contribution in [-0.4, -0.2) is 79.2 Å². The molecule has 4 aliphatic heterocycles. The number of allylic oxidation sites excluding steroid dienone is 3. The minimum atomic E-state index is -2.98. The van der Waals surface area contributed by atoms with E-state index < -0.39 is 25.9 Å². The van der Waals surface area contributed by atoms with Crippen molar-refractivity contribution in [2.75, 3.05) is 36.0 Å². The SMILES string of the molecule is CC(C)=CCC/C(C)=C/CN1C(=O)[C@]2(O[C@H](CC(=O)N3CCC[C@H]3CO)[C@@H]([Si](C)(C)O)[C@@H]2C)c2cc(N3CCCCCCC3=O)ccc21. The predicted molar refractivity (Wildman–Crippen MR) is 192 cm³/mol. The molecular weight excluding hydrogens is 623 g/mol. The number of rotatable bonds is 10. The molecule has 9 nitrogen and oxygen atoms in total. The molecule has 1 spiro atoms. The van der Waals surface area contributed by atoms with E-state index in [4.69, 9.17) is 4.74 Å². The number of carbonyl (C=O) groups is 3. The van der Waals surface area contributed by atoms with Crippen molar-refractivity contribution in [3.05, 3.63) is 47.1 Å². The summed E-state index contributed by atoms with van der Waals surface area (Å²) in [6.07, 6.45) is 11.6. The molecule has 5 rings (SSSR count). The number of benzene rings is 1. The highest BCUT2D eigenvalue weighted by molar-refractivity contribution is 6.71. The average molecular weight is 680 g/mol. The Labute approximate surface area is 288 Å². The van der Waals surface area contributed by atoms with Gasteiger partial charge in [0.25, 0.3) is 5.91 Å². The number of amides is 3. The molecule has 10 heteroatoms. The normalized spacial score (nSPS) is 28.2. The molecule has 4 heterocycles. The summed E-state index contributed by atoms with van der Waals surface area (Å²) in [5.41, 5.74) is 2.93. The molecule has 1 aromatic carbocycles. The lowest BCUT2D eigenvalue weighted by atomic mass is 9.82. The van der Waals surface area contributed by atoms with Gasteiger partial charge in [-0.2, -0.15) is 0 Å². The van der Waals surface area contributed by atoms with E-state index in [0.29, 0.717) is 26.1 Å². The van der Waals surface area contributed by atoms with E-state index in [2.05, 4.69) is 32.9 Å². The first-order valence-corrected chi connectivity index (χ1v) is 21.2. The van der Waals surface area contributed by atoms with Crippen LogP contribution in [0.25, 0.3) is 0 Å². The minimum Gasteiger partial charge on any atom is -0.432 e. The lowest BCUT2D eigenvalue weighted by Gasteiger charge is -2.33.